The van der Waals surface area contributed by atoms with E-state index in [4.69, 9.17) is 33.7 Å². The number of nitrogen functional groups attached to an aromatic ring is 1. The number of aliphatic carboxylic acids is 1. The van der Waals surface area contributed by atoms with Crippen LogP contribution in [0.5, 0.6) is 0 Å². The maximum absolute atomic E-state index is 13.1. The van der Waals surface area contributed by atoms with E-state index in [-0.39, 0.29) is 24.1 Å². The molecule has 2 saturated heterocycles. The minimum Gasteiger partial charge on any atom is -0.477 e. The number of ether oxygens (including phenoxy) is 4. The smallest absolute Gasteiger partial charge is 0.475 e. The summed E-state index contributed by atoms with van der Waals surface area (Å²) >= 11 is 1.50. The van der Waals surface area contributed by atoms with Gasteiger partial charge in [-0.15, -0.1) is 0 Å². The average molecular weight is 832 g/mol. The van der Waals surface area contributed by atoms with Crippen molar-refractivity contribution in [1.82, 2.24) is 20.2 Å². The van der Waals surface area contributed by atoms with Gasteiger partial charge < -0.3 is 70.8 Å². The highest BCUT2D eigenvalue weighted by atomic mass is 32.2. The molecule has 1 aromatic heterocycles. The summed E-state index contributed by atoms with van der Waals surface area (Å²) in [7, 11) is -4.02. The lowest BCUT2D eigenvalue weighted by Gasteiger charge is -2.46. The van der Waals surface area contributed by atoms with E-state index < -0.39 is 106 Å². The van der Waals surface area contributed by atoms with Gasteiger partial charge in [-0.25, -0.2) is 18.7 Å². The number of hydrogen-bond donors (Lipinski definition) is 10. The first-order chi connectivity index (χ1) is 25.8. The lowest BCUT2D eigenvalue weighted by Crippen LogP contribution is -2.68. The Labute approximate surface area is 319 Å². The van der Waals surface area contributed by atoms with Gasteiger partial charge in [-0.3, -0.25) is 18.7 Å². The van der Waals surface area contributed by atoms with Gasteiger partial charge in [-0.1, -0.05) is 6.92 Å². The molecule has 0 aromatic carbocycles. The third-order valence-corrected chi connectivity index (χ3v) is 10.7. The van der Waals surface area contributed by atoms with Crippen LogP contribution >= 0.6 is 19.6 Å². The quantitative estimate of drug-likeness (QED) is 0.0370. The number of phosphoric ester groups is 1. The highest BCUT2D eigenvalue weighted by molar-refractivity contribution is 7.99. The van der Waals surface area contributed by atoms with Gasteiger partial charge in [0.15, 0.2) is 6.23 Å². The van der Waals surface area contributed by atoms with Crippen molar-refractivity contribution in [2.75, 3.05) is 63.9 Å². The number of thioether (sulfide) groups is 1. The molecule has 0 radical (unpaired) electrons. The van der Waals surface area contributed by atoms with E-state index in [0.717, 1.165) is 17.7 Å². The minimum absolute atomic E-state index is 0.140. The molecule has 2 aliphatic heterocycles. The molecule has 0 spiro atoms. The van der Waals surface area contributed by atoms with Crippen molar-refractivity contribution in [3.63, 3.8) is 0 Å². The molecule has 3 rings (SSSR count). The number of aliphatic hydroxyl groups excluding tert-OH is 5. The summed E-state index contributed by atoms with van der Waals surface area (Å²) in [5, 5.41) is 68.9. The Morgan fingerprint density at radius 3 is 2.55 bits per heavy atom. The van der Waals surface area contributed by atoms with Gasteiger partial charge >= 0.3 is 19.5 Å². The minimum atomic E-state index is -5.58. The number of aromatic nitrogens is 2. The molecule has 1 amide bonds. The fourth-order valence-corrected chi connectivity index (χ4v) is 7.46. The van der Waals surface area contributed by atoms with Crippen molar-refractivity contribution in [2.45, 2.75) is 81.1 Å². The Morgan fingerprint density at radius 1 is 1.20 bits per heavy atom. The standard InChI is InChI=1S/C30H50N5O18PS/c1-15(14-55-9-8-49-7-6-48-3)18(38)11-32-12-19(39)23(40)26-22(33-16(2)36)17(37)10-30(52-26,28(43)44)53-54(46,47)50-13-20-24(41)25(42)27(51-20)35-5-4-21(31)34-29(35)45/h4-5,15,17,19-20,22-27,32,37,39-42H,6-14H2,1-3H3,(H,33,36)(H,43,44)(H,46,47)(H2,31,34,45)/t15?,17?,19?,20-,22?,23?,24-,25-,26?,27-,30?/m1/s1. The molecular formula is C30H50N5O18PS. The van der Waals surface area contributed by atoms with Gasteiger partial charge in [0.05, 0.1) is 51.2 Å². The number of hydrogen-bond acceptors (Lipinski definition) is 20. The van der Waals surface area contributed by atoms with E-state index in [2.05, 4.69) is 15.6 Å². The zero-order valence-electron chi connectivity index (χ0n) is 30.2. The number of nitrogens with one attached hydrogen (secondary N) is 2. The molecule has 3 heterocycles. The average Bonchev–Trinajstić information content (AvgIpc) is 3.39. The molecule has 2 fully saturated rings. The molecule has 0 aliphatic carbocycles. The summed E-state index contributed by atoms with van der Waals surface area (Å²) in [5.41, 5.74) is 4.51. The van der Waals surface area contributed by atoms with Crippen molar-refractivity contribution in [3.05, 3.63) is 22.7 Å². The molecule has 314 valence electrons. The molecule has 2 aliphatic rings. The number of amides is 1. The van der Waals surface area contributed by atoms with Crippen LogP contribution in [0.4, 0.5) is 5.82 Å². The summed E-state index contributed by atoms with van der Waals surface area (Å²) < 4.78 is 44.9. The predicted octanol–water partition coefficient (Wildman–Crippen LogP) is -4.07. The van der Waals surface area contributed by atoms with Crippen LogP contribution in [-0.2, 0) is 46.9 Å². The molecule has 0 saturated carbocycles. The Balaban J connectivity index is 1.65. The van der Waals surface area contributed by atoms with E-state index >= 15 is 0 Å². The third-order valence-electron chi connectivity index (χ3n) is 8.50. The number of aliphatic hydroxyl groups is 5. The van der Waals surface area contributed by atoms with Gasteiger partial charge in [-0.2, -0.15) is 16.7 Å². The fourth-order valence-electron chi connectivity index (χ4n) is 5.56. The summed E-state index contributed by atoms with van der Waals surface area (Å²) in [6.07, 6.45) is -14.5. The lowest BCUT2D eigenvalue weighted by atomic mass is 9.88. The molecule has 23 nitrogen and oxygen atoms in total. The summed E-state index contributed by atoms with van der Waals surface area (Å²) in [6.45, 7) is 2.44. The van der Waals surface area contributed by atoms with E-state index in [0.29, 0.717) is 31.3 Å². The van der Waals surface area contributed by atoms with Crippen LogP contribution in [0, 0.1) is 5.92 Å². The van der Waals surface area contributed by atoms with Crippen LogP contribution in [-0.4, -0.2) is 175 Å². The number of anilines is 1. The van der Waals surface area contributed by atoms with Crippen LogP contribution in [0.25, 0.3) is 0 Å². The number of ketones is 1. The van der Waals surface area contributed by atoms with Crippen LogP contribution in [0.2, 0.25) is 0 Å². The lowest BCUT2D eigenvalue weighted by molar-refractivity contribution is -0.288. The molecule has 11 N–H and O–H groups in total. The summed E-state index contributed by atoms with van der Waals surface area (Å²) in [6, 6.07) is -0.376. The number of methoxy groups -OCH3 is 1. The van der Waals surface area contributed by atoms with Crippen LogP contribution in [0.15, 0.2) is 17.1 Å². The Hall–Kier alpha value is -2.65. The number of carboxylic acids is 1. The van der Waals surface area contributed by atoms with Crippen LogP contribution in [0.3, 0.4) is 0 Å². The largest absolute Gasteiger partial charge is 0.477 e. The molecule has 1 aromatic rings. The molecule has 25 heteroatoms. The monoisotopic (exact) mass is 831 g/mol. The van der Waals surface area contributed by atoms with Gasteiger partial charge in [0.25, 0.3) is 5.79 Å². The highest BCUT2D eigenvalue weighted by Crippen LogP contribution is 2.51. The summed E-state index contributed by atoms with van der Waals surface area (Å²) in [5.74, 6) is -5.69. The number of nitrogens with zero attached hydrogens (tertiary/aromatic N) is 2. The number of rotatable bonds is 23. The normalized spacial score (nSPS) is 29.6. The van der Waals surface area contributed by atoms with Gasteiger partial charge in [0, 0.05) is 50.6 Å². The Kier molecular flexibility index (Phi) is 18.0. The van der Waals surface area contributed by atoms with E-state index in [1.165, 1.54) is 17.8 Å². The molecule has 0 bridgehead atoms. The fraction of sp³-hybridized carbons (Fsp3) is 0.767. The molecular weight excluding hydrogens is 781 g/mol. The zero-order chi connectivity index (χ0) is 41.1. The molecule has 8 unspecified atom stereocenters. The van der Waals surface area contributed by atoms with Gasteiger partial charge in [0.2, 0.25) is 5.91 Å². The number of Topliss-reactive ketones (excluding diaryl/α,β-unsaturated/α-hetero) is 1. The first kappa shape index (κ1) is 46.7. The number of phosphoric acid groups is 1. The first-order valence-electron chi connectivity index (χ1n) is 17.0. The third kappa shape index (κ3) is 13.2. The maximum atomic E-state index is 13.1. The second-order valence-electron chi connectivity index (χ2n) is 12.8. The van der Waals surface area contributed by atoms with Crippen LogP contribution < -0.4 is 22.1 Å². The van der Waals surface area contributed by atoms with Crippen LogP contribution in [0.1, 0.15) is 26.5 Å². The Bertz CT molecular complexity index is 1540. The number of carbonyl (C=O) groups is 3. The number of carboxylic acid groups (broad SMARTS) is 1. The highest BCUT2D eigenvalue weighted by Gasteiger charge is 2.59. The summed E-state index contributed by atoms with van der Waals surface area (Å²) in [4.78, 5) is 63.4. The zero-order valence-corrected chi connectivity index (χ0v) is 32.0. The maximum Gasteiger partial charge on any atom is 0.475 e. The second-order valence-corrected chi connectivity index (χ2v) is 15.3. The van der Waals surface area contributed by atoms with E-state index in [1.807, 2.05) is 0 Å². The van der Waals surface area contributed by atoms with Crippen molar-refractivity contribution < 1.29 is 82.5 Å². The SMILES string of the molecule is COCCOCCSCC(C)C(=O)CNCC(O)C(O)C1OC(OP(=O)(O)OC[C@H]2O[C@@H](n3ccc(N)nc3=O)[C@H](O)[C@@H]2O)(C(=O)O)CC(O)C1NC(C)=O. The second kappa shape index (κ2) is 21.2. The van der Waals surface area contributed by atoms with Crippen molar-refractivity contribution in [1.29, 1.82) is 0 Å². The van der Waals surface area contributed by atoms with Gasteiger partial charge in [-0.05, 0) is 6.07 Å². The molecule has 55 heavy (non-hydrogen) atoms. The van der Waals surface area contributed by atoms with Crippen molar-refractivity contribution in [2.24, 2.45) is 5.92 Å². The topological polar surface area (TPSA) is 350 Å². The van der Waals surface area contributed by atoms with Crippen molar-refractivity contribution in [3.8, 4) is 0 Å². The molecule has 12 atom stereocenters. The van der Waals surface area contributed by atoms with Crippen molar-refractivity contribution >= 4 is 43.1 Å². The predicted molar refractivity (Wildman–Crippen MR) is 188 cm³/mol. The van der Waals surface area contributed by atoms with E-state index in [1.54, 1.807) is 14.0 Å². The van der Waals surface area contributed by atoms with E-state index in [9.17, 15) is 59.3 Å². The number of carbonyl (C=O) groups excluding carboxylic acids is 2. The first-order valence-corrected chi connectivity index (χ1v) is 19.6. The van der Waals surface area contributed by atoms with Gasteiger partial charge in [0.1, 0.15) is 42.1 Å². The number of nitrogens with two attached hydrogens (primary N) is 1. The Morgan fingerprint density at radius 2 is 1.91 bits per heavy atom.